The van der Waals surface area contributed by atoms with Gasteiger partial charge in [-0.2, -0.15) is 9.13 Å². The normalized spacial score (nSPS) is 14.5. The smallest absolute Gasteiger partial charge is 0.292 e. The Bertz CT molecular complexity index is 3330. The number of benzene rings is 9. The monoisotopic (exact) mass is 833 g/mol. The van der Waals surface area contributed by atoms with Gasteiger partial charge in [-0.05, 0) is 136 Å². The molecule has 2 heterocycles. The SMILES string of the molecule is C(/C=C1\CCC(/C=C/c2n(-c3ccccc3)c3cc4ccccc4cc3[n+]2-c2ccccc2)=C1c1ccccc1)=C1N(c2ccccc2)c2cc3ccccc3cc2N1c1ccccc1. The highest BCUT2D eigenvalue weighted by Gasteiger charge is 2.34. The molecule has 0 atom stereocenters. The van der Waals surface area contributed by atoms with Gasteiger partial charge in [0.1, 0.15) is 17.2 Å². The van der Waals surface area contributed by atoms with Crippen LogP contribution in [0.15, 0.2) is 260 Å². The molecular weight excluding hydrogens is 789 g/mol. The summed E-state index contributed by atoms with van der Waals surface area (Å²) >= 11 is 0. The molecule has 0 fully saturated rings. The summed E-state index contributed by atoms with van der Waals surface area (Å²) in [5.74, 6) is 2.17. The van der Waals surface area contributed by atoms with Crippen LogP contribution in [0.25, 0.3) is 55.6 Å². The maximum atomic E-state index is 2.42. The first-order valence-electron chi connectivity index (χ1n) is 22.5. The van der Waals surface area contributed by atoms with Crippen molar-refractivity contribution in [1.82, 2.24) is 4.57 Å². The van der Waals surface area contributed by atoms with E-state index in [9.17, 15) is 0 Å². The average molecular weight is 834 g/mol. The molecule has 4 nitrogen and oxygen atoms in total. The zero-order chi connectivity index (χ0) is 43.1. The first-order valence-corrected chi connectivity index (χ1v) is 22.5. The van der Waals surface area contributed by atoms with Gasteiger partial charge in [0.15, 0.2) is 11.0 Å². The van der Waals surface area contributed by atoms with Crippen LogP contribution in [-0.4, -0.2) is 4.57 Å². The number of aromatic nitrogens is 2. The predicted molar refractivity (Wildman–Crippen MR) is 271 cm³/mol. The molecule has 0 amide bonds. The number of para-hydroxylation sites is 4. The Labute approximate surface area is 379 Å². The first-order chi connectivity index (χ1) is 32.3. The molecule has 1 aromatic heterocycles. The minimum absolute atomic E-state index is 0.924. The standard InChI is InChI=1S/C61H45N4/c1-6-20-44(21-7-1)61-45(36-38-59-62(51-26-8-2-9-27-51)55-40-47-22-16-17-23-48(47)41-56(55)63(59)52-28-10-3-11-29-52)34-35-46(61)37-39-60-64(53-30-12-4-13-31-53)57-42-49-24-18-19-25-50(49)43-58(57)65(60)54-32-14-5-15-33-54/h1-33,36-43H,34-35H2/q+1. The maximum absolute atomic E-state index is 2.42. The summed E-state index contributed by atoms with van der Waals surface area (Å²) in [6.45, 7) is 0. The topological polar surface area (TPSA) is 15.3 Å². The average Bonchev–Trinajstić information content (AvgIpc) is 4.03. The minimum atomic E-state index is 0.924. The van der Waals surface area contributed by atoms with E-state index in [1.54, 1.807) is 0 Å². The molecule has 1 aliphatic carbocycles. The van der Waals surface area contributed by atoms with Crippen LogP contribution >= 0.6 is 0 Å². The zero-order valence-electron chi connectivity index (χ0n) is 35.9. The molecule has 1 aliphatic heterocycles. The van der Waals surface area contributed by atoms with E-state index in [-0.39, 0.29) is 0 Å². The molecule has 0 saturated heterocycles. The third-order valence-electron chi connectivity index (χ3n) is 12.9. The van der Waals surface area contributed by atoms with E-state index >= 15 is 0 Å². The van der Waals surface area contributed by atoms with Crippen molar-refractivity contribution in [1.29, 1.82) is 0 Å². The third kappa shape index (κ3) is 6.84. The van der Waals surface area contributed by atoms with Crippen molar-refractivity contribution >= 4 is 67.0 Å². The summed E-state index contributed by atoms with van der Waals surface area (Å²) in [6, 6.07) is 80.7. The van der Waals surface area contributed by atoms with Crippen molar-refractivity contribution in [3.05, 3.63) is 271 Å². The number of hydrogen-bond acceptors (Lipinski definition) is 2. The fourth-order valence-corrected chi connectivity index (χ4v) is 9.92. The van der Waals surface area contributed by atoms with Crippen LogP contribution in [0.4, 0.5) is 22.7 Å². The Hall–Kier alpha value is -8.47. The van der Waals surface area contributed by atoms with Crippen molar-refractivity contribution in [2.24, 2.45) is 0 Å². The van der Waals surface area contributed by atoms with Crippen LogP contribution in [-0.2, 0) is 0 Å². The van der Waals surface area contributed by atoms with E-state index in [2.05, 4.69) is 268 Å². The molecule has 65 heavy (non-hydrogen) atoms. The number of hydrogen-bond donors (Lipinski definition) is 0. The fraction of sp³-hybridized carbons (Fsp3) is 0.0328. The minimum Gasteiger partial charge on any atom is -0.294 e. The molecule has 308 valence electrons. The van der Waals surface area contributed by atoms with Crippen molar-refractivity contribution in [2.45, 2.75) is 12.8 Å². The maximum Gasteiger partial charge on any atom is 0.292 e. The third-order valence-corrected chi connectivity index (χ3v) is 12.9. The Kier molecular flexibility index (Phi) is 9.61. The van der Waals surface area contributed by atoms with Gasteiger partial charge in [-0.3, -0.25) is 9.80 Å². The second-order valence-corrected chi connectivity index (χ2v) is 16.7. The second-order valence-electron chi connectivity index (χ2n) is 16.7. The Balaban J connectivity index is 1.06. The summed E-state index contributed by atoms with van der Waals surface area (Å²) in [7, 11) is 0. The summed E-state index contributed by atoms with van der Waals surface area (Å²) in [4.78, 5) is 4.84. The Morgan fingerprint density at radius 3 is 1.46 bits per heavy atom. The lowest BCUT2D eigenvalue weighted by atomic mass is 9.97. The number of anilines is 4. The number of imidazole rings is 1. The van der Waals surface area contributed by atoms with E-state index in [0.717, 1.165) is 69.6 Å². The largest absolute Gasteiger partial charge is 0.294 e. The zero-order valence-corrected chi connectivity index (χ0v) is 35.9. The van der Waals surface area contributed by atoms with Gasteiger partial charge in [0.05, 0.1) is 11.4 Å². The fourth-order valence-electron chi connectivity index (χ4n) is 9.92. The van der Waals surface area contributed by atoms with Crippen LogP contribution in [0, 0.1) is 0 Å². The molecule has 4 heteroatoms. The van der Waals surface area contributed by atoms with E-state index in [1.165, 1.54) is 43.8 Å². The number of nitrogens with zero attached hydrogens (tertiary/aromatic N) is 4. The molecule has 0 N–H and O–H groups in total. The van der Waals surface area contributed by atoms with Crippen LogP contribution in [0.5, 0.6) is 0 Å². The van der Waals surface area contributed by atoms with Gasteiger partial charge in [-0.1, -0.05) is 164 Å². The summed E-state index contributed by atoms with van der Waals surface area (Å²) in [5, 5.41) is 4.87. The van der Waals surface area contributed by atoms with Crippen molar-refractivity contribution in [3.8, 4) is 11.4 Å². The van der Waals surface area contributed by atoms with Crippen LogP contribution in [0.3, 0.4) is 0 Å². The lowest BCUT2D eigenvalue weighted by Gasteiger charge is -2.25. The van der Waals surface area contributed by atoms with Crippen LogP contribution < -0.4 is 14.4 Å². The lowest BCUT2D eigenvalue weighted by molar-refractivity contribution is -0.570. The molecule has 2 aliphatic rings. The van der Waals surface area contributed by atoms with Gasteiger partial charge in [-0.15, -0.1) is 0 Å². The summed E-state index contributed by atoms with van der Waals surface area (Å²) < 4.78 is 4.84. The first kappa shape index (κ1) is 38.2. The Morgan fingerprint density at radius 1 is 0.415 bits per heavy atom. The highest BCUT2D eigenvalue weighted by Crippen LogP contribution is 2.51. The molecule has 0 unspecified atom stereocenters. The van der Waals surface area contributed by atoms with E-state index in [0.29, 0.717) is 0 Å². The van der Waals surface area contributed by atoms with E-state index in [1.807, 2.05) is 0 Å². The van der Waals surface area contributed by atoms with Crippen LogP contribution in [0.2, 0.25) is 0 Å². The molecule has 0 saturated carbocycles. The van der Waals surface area contributed by atoms with Crippen molar-refractivity contribution in [2.75, 3.05) is 9.80 Å². The highest BCUT2D eigenvalue weighted by molar-refractivity contribution is 6.02. The van der Waals surface area contributed by atoms with Gasteiger partial charge in [0.2, 0.25) is 0 Å². The molecular formula is C61H45N4+. The second kappa shape index (κ2) is 16.3. The highest BCUT2D eigenvalue weighted by atomic mass is 15.4. The summed E-state index contributed by atoms with van der Waals surface area (Å²) in [6.07, 6.45) is 11.3. The molecule has 0 radical (unpaired) electrons. The quantitative estimate of drug-likeness (QED) is 0.142. The van der Waals surface area contributed by atoms with Crippen LogP contribution in [0.1, 0.15) is 24.2 Å². The predicted octanol–water partition coefficient (Wildman–Crippen LogP) is 15.2. The lowest BCUT2D eigenvalue weighted by Crippen LogP contribution is -2.33. The van der Waals surface area contributed by atoms with Gasteiger partial charge in [-0.25, -0.2) is 0 Å². The van der Waals surface area contributed by atoms with E-state index in [4.69, 9.17) is 0 Å². The number of rotatable bonds is 8. The Morgan fingerprint density at radius 2 is 0.892 bits per heavy atom. The molecule has 0 spiro atoms. The van der Waals surface area contributed by atoms with E-state index < -0.39 is 0 Å². The van der Waals surface area contributed by atoms with Gasteiger partial charge >= 0.3 is 0 Å². The van der Waals surface area contributed by atoms with Gasteiger partial charge in [0, 0.05) is 17.5 Å². The number of allylic oxidation sites excluding steroid dienone is 6. The molecule has 12 rings (SSSR count). The van der Waals surface area contributed by atoms with Crippen molar-refractivity contribution < 1.29 is 4.57 Å². The molecule has 9 aromatic carbocycles. The summed E-state index contributed by atoms with van der Waals surface area (Å²) in [5.41, 5.74) is 14.3. The molecule has 10 aromatic rings. The molecule has 0 bridgehead atoms. The van der Waals surface area contributed by atoms with Gasteiger partial charge in [0.25, 0.3) is 5.82 Å². The van der Waals surface area contributed by atoms with Gasteiger partial charge < -0.3 is 0 Å². The number of fused-ring (bicyclic) bond motifs is 4. The van der Waals surface area contributed by atoms with Crippen molar-refractivity contribution in [3.63, 3.8) is 0 Å².